The molecule has 0 aliphatic rings. The highest BCUT2D eigenvalue weighted by Crippen LogP contribution is 2.45. The molecule has 0 fully saturated rings. The lowest BCUT2D eigenvalue weighted by atomic mass is 9.99. The van der Waals surface area contributed by atoms with Crippen molar-refractivity contribution in [1.82, 2.24) is 0 Å². The topological polar surface area (TPSA) is 237 Å². The summed E-state index contributed by atoms with van der Waals surface area (Å²) in [5.74, 6) is 0.954. The van der Waals surface area contributed by atoms with Crippen LogP contribution in [0.15, 0.2) is 0 Å². The maximum atomic E-state index is 13.1. The van der Waals surface area contributed by atoms with E-state index in [9.17, 15) is 43.2 Å². The molecule has 0 saturated carbocycles. The second-order valence-electron chi connectivity index (χ2n) is 28.5. The van der Waals surface area contributed by atoms with Crippen molar-refractivity contribution in [2.75, 3.05) is 39.6 Å². The van der Waals surface area contributed by atoms with E-state index in [4.69, 9.17) is 37.0 Å². The molecule has 3 N–H and O–H groups in total. The second kappa shape index (κ2) is 64.4. The predicted octanol–water partition coefficient (Wildman–Crippen LogP) is 21.7. The van der Waals surface area contributed by atoms with Crippen molar-refractivity contribution in [3.63, 3.8) is 0 Å². The van der Waals surface area contributed by atoms with Crippen LogP contribution < -0.4 is 0 Å². The summed E-state index contributed by atoms with van der Waals surface area (Å²) in [6.45, 7) is 14.2. The number of phosphoric acid groups is 2. The smallest absolute Gasteiger partial charge is 0.462 e. The fourth-order valence-corrected chi connectivity index (χ4v) is 12.9. The quantitative estimate of drug-likeness (QED) is 0.0222. The van der Waals surface area contributed by atoms with E-state index in [1.807, 2.05) is 0 Å². The first-order valence-electron chi connectivity index (χ1n) is 38.8. The highest BCUT2D eigenvalue weighted by Gasteiger charge is 2.30. The number of ether oxygens (including phenoxy) is 4. The van der Waals surface area contributed by atoms with Gasteiger partial charge >= 0.3 is 39.5 Å². The summed E-state index contributed by atoms with van der Waals surface area (Å²) in [6.07, 6.45) is 48.5. The number of aliphatic hydroxyl groups is 1. The second-order valence-corrected chi connectivity index (χ2v) is 31.4. The minimum atomic E-state index is -4.96. The highest BCUT2D eigenvalue weighted by molar-refractivity contribution is 7.47. The molecule has 7 atom stereocenters. The SMILES string of the molecule is CCC(C)CCCCCCCCCCC(=O)O[C@H](COC(=O)CCCCCCCCC(C)CC)COP(=O)(O)OC[C@H](O)COP(=O)(O)OC[C@@H](COC(=O)CCCCCCCCCCCCCCCC(C)C)OC(=O)CCCCCCCCCCCCCCCC(C)C. The first-order valence-corrected chi connectivity index (χ1v) is 41.8. The molecule has 0 spiro atoms. The maximum absolute atomic E-state index is 13.1. The van der Waals surface area contributed by atoms with E-state index in [1.54, 1.807) is 0 Å². The van der Waals surface area contributed by atoms with E-state index in [-0.39, 0.29) is 25.7 Å². The number of esters is 4. The number of hydrogen-bond acceptors (Lipinski definition) is 15. The number of carbonyl (C=O) groups excluding carboxylic acids is 4. The number of rotatable bonds is 72. The van der Waals surface area contributed by atoms with E-state index >= 15 is 0 Å². The van der Waals surface area contributed by atoms with Gasteiger partial charge in [-0.05, 0) is 49.4 Å². The molecule has 0 bridgehead atoms. The molecule has 0 aliphatic heterocycles. The minimum Gasteiger partial charge on any atom is -0.462 e. The summed E-state index contributed by atoms with van der Waals surface area (Å²) in [7, 11) is -9.91. The molecule has 0 aromatic carbocycles. The van der Waals surface area contributed by atoms with Crippen LogP contribution in [0.25, 0.3) is 0 Å². The lowest BCUT2D eigenvalue weighted by Crippen LogP contribution is -2.30. The van der Waals surface area contributed by atoms with Crippen LogP contribution in [-0.2, 0) is 65.4 Å². The highest BCUT2D eigenvalue weighted by atomic mass is 31.2. The van der Waals surface area contributed by atoms with Crippen LogP contribution in [0.2, 0.25) is 0 Å². The van der Waals surface area contributed by atoms with Crippen LogP contribution in [0.1, 0.15) is 376 Å². The molecule has 0 aromatic rings. The van der Waals surface area contributed by atoms with Crippen molar-refractivity contribution in [3.05, 3.63) is 0 Å². The molecule has 0 aromatic heterocycles. The van der Waals surface area contributed by atoms with E-state index in [0.717, 1.165) is 120 Å². The molecular formula is C75H146O17P2. The Labute approximate surface area is 575 Å². The van der Waals surface area contributed by atoms with Gasteiger partial charge in [-0.3, -0.25) is 37.3 Å². The summed E-state index contributed by atoms with van der Waals surface area (Å²) >= 11 is 0. The number of aliphatic hydroxyl groups excluding tert-OH is 1. The number of phosphoric ester groups is 2. The van der Waals surface area contributed by atoms with Crippen LogP contribution >= 0.6 is 15.6 Å². The van der Waals surface area contributed by atoms with E-state index in [2.05, 4.69) is 55.4 Å². The van der Waals surface area contributed by atoms with E-state index < -0.39 is 97.5 Å². The molecule has 0 amide bonds. The van der Waals surface area contributed by atoms with Gasteiger partial charge in [0.25, 0.3) is 0 Å². The first kappa shape index (κ1) is 92.1. The van der Waals surface area contributed by atoms with Crippen molar-refractivity contribution in [2.45, 2.75) is 395 Å². The summed E-state index contributed by atoms with van der Waals surface area (Å²) in [5.41, 5.74) is 0. The Balaban J connectivity index is 5.26. The van der Waals surface area contributed by atoms with Crippen LogP contribution in [0.3, 0.4) is 0 Å². The molecule has 558 valence electrons. The predicted molar refractivity (Wildman–Crippen MR) is 381 cm³/mol. The van der Waals surface area contributed by atoms with Crippen molar-refractivity contribution >= 4 is 39.5 Å². The molecule has 19 heteroatoms. The molecule has 0 aliphatic carbocycles. The normalized spacial score (nSPS) is 14.7. The Bertz CT molecular complexity index is 1850. The van der Waals surface area contributed by atoms with Crippen molar-refractivity contribution < 1.29 is 80.2 Å². The van der Waals surface area contributed by atoms with Crippen molar-refractivity contribution in [2.24, 2.45) is 23.7 Å². The molecular weight excluding hydrogens is 1230 g/mol. The van der Waals surface area contributed by atoms with Gasteiger partial charge in [-0.15, -0.1) is 0 Å². The molecule has 0 rings (SSSR count). The maximum Gasteiger partial charge on any atom is 0.472 e. The Hall–Kier alpha value is -1.94. The Kier molecular flexibility index (Phi) is 63.1. The van der Waals surface area contributed by atoms with E-state index in [1.165, 1.54) is 173 Å². The van der Waals surface area contributed by atoms with Gasteiger partial charge in [-0.25, -0.2) is 9.13 Å². The zero-order chi connectivity index (χ0) is 69.6. The summed E-state index contributed by atoms with van der Waals surface area (Å²) in [4.78, 5) is 72.8. The Morgan fingerprint density at radius 1 is 0.298 bits per heavy atom. The van der Waals surface area contributed by atoms with Gasteiger partial charge in [0, 0.05) is 25.7 Å². The van der Waals surface area contributed by atoms with Crippen LogP contribution in [-0.4, -0.2) is 96.7 Å². The Morgan fingerprint density at radius 2 is 0.511 bits per heavy atom. The third kappa shape index (κ3) is 66.0. The number of unbranched alkanes of at least 4 members (excludes halogenated alkanes) is 36. The fourth-order valence-electron chi connectivity index (χ4n) is 11.3. The molecule has 17 nitrogen and oxygen atoms in total. The van der Waals surface area contributed by atoms with Gasteiger partial charge in [-0.2, -0.15) is 0 Å². The van der Waals surface area contributed by atoms with Gasteiger partial charge < -0.3 is 33.8 Å². The van der Waals surface area contributed by atoms with Crippen molar-refractivity contribution in [1.29, 1.82) is 0 Å². The monoisotopic (exact) mass is 1380 g/mol. The summed E-state index contributed by atoms with van der Waals surface area (Å²) in [6, 6.07) is 0. The van der Waals surface area contributed by atoms with Crippen LogP contribution in [0, 0.1) is 23.7 Å². The molecule has 0 saturated heterocycles. The fraction of sp³-hybridized carbons (Fsp3) is 0.947. The van der Waals surface area contributed by atoms with Gasteiger partial charge in [0.05, 0.1) is 26.4 Å². The Morgan fingerprint density at radius 3 is 0.755 bits per heavy atom. The zero-order valence-corrected chi connectivity index (χ0v) is 63.4. The number of carbonyl (C=O) groups is 4. The summed E-state index contributed by atoms with van der Waals surface area (Å²) in [5, 5.41) is 10.6. The number of hydrogen-bond donors (Lipinski definition) is 3. The molecule has 4 unspecified atom stereocenters. The lowest BCUT2D eigenvalue weighted by molar-refractivity contribution is -0.161. The third-order valence-corrected chi connectivity index (χ3v) is 19.9. The van der Waals surface area contributed by atoms with Gasteiger partial charge in [0.2, 0.25) is 0 Å². The van der Waals surface area contributed by atoms with Gasteiger partial charge in [-0.1, -0.05) is 325 Å². The van der Waals surface area contributed by atoms with Crippen LogP contribution in [0.5, 0.6) is 0 Å². The van der Waals surface area contributed by atoms with Crippen molar-refractivity contribution in [3.8, 4) is 0 Å². The zero-order valence-electron chi connectivity index (χ0n) is 61.6. The molecule has 94 heavy (non-hydrogen) atoms. The van der Waals surface area contributed by atoms with Gasteiger partial charge in [0.1, 0.15) is 19.3 Å². The van der Waals surface area contributed by atoms with E-state index in [0.29, 0.717) is 25.7 Å². The summed E-state index contributed by atoms with van der Waals surface area (Å²) < 4.78 is 68.5. The average molecular weight is 1380 g/mol. The average Bonchev–Trinajstić information content (AvgIpc) is 2.50. The lowest BCUT2D eigenvalue weighted by Gasteiger charge is -2.21. The standard InChI is InChI=1S/C75H146O17P2/c1-9-67(7)53-45-37-29-25-26-32-42-50-58-75(80)92-71(62-86-73(78)56-48-40-34-33-38-46-54-68(8)10-2)64-90-94(83,84)88-60-69(76)59-87-93(81,82)89-63-70(91-74(79)57-49-41-31-24-20-16-12-14-18-22-28-36-44-52-66(5)6)61-85-72(77)55-47-39-30-23-19-15-11-13-17-21-27-35-43-51-65(3)4/h65-71,76H,9-64H2,1-8H3,(H,81,82)(H,83,84)/t67?,68?,69-,70-,71-/m1/s1. The van der Waals surface area contributed by atoms with Gasteiger partial charge in [0.15, 0.2) is 12.2 Å². The largest absolute Gasteiger partial charge is 0.472 e. The minimum absolute atomic E-state index is 0.104. The first-order chi connectivity index (χ1) is 45.2. The molecule has 0 heterocycles. The molecule has 0 radical (unpaired) electrons. The third-order valence-electron chi connectivity index (χ3n) is 18.0. The van der Waals surface area contributed by atoms with Crippen LogP contribution in [0.4, 0.5) is 0 Å².